The predicted octanol–water partition coefficient (Wildman–Crippen LogP) is 7.81. The lowest BCUT2D eigenvalue weighted by atomic mass is 10.1. The second-order valence-electron chi connectivity index (χ2n) is 11.7. The number of amides is 1. The van der Waals surface area contributed by atoms with Crippen LogP contribution >= 0.6 is 24.4 Å². The maximum absolute atomic E-state index is 12.4. The number of anilines is 3. The lowest BCUT2D eigenvalue weighted by Gasteiger charge is -2.12. The highest BCUT2D eigenvalue weighted by molar-refractivity contribution is 7.80. The molecular formula is C37H36N6O3S2. The van der Waals surface area contributed by atoms with Crippen molar-refractivity contribution in [3.05, 3.63) is 95.1 Å². The van der Waals surface area contributed by atoms with Crippen molar-refractivity contribution < 1.29 is 14.3 Å². The first kappa shape index (κ1) is 32.8. The van der Waals surface area contributed by atoms with Crippen LogP contribution in [-0.4, -0.2) is 42.1 Å². The average molecular weight is 677 g/mol. The molecule has 0 bridgehead atoms. The van der Waals surface area contributed by atoms with Gasteiger partial charge < -0.3 is 26.0 Å². The minimum absolute atomic E-state index is 0.241. The molecule has 244 valence electrons. The number of benzene rings is 4. The molecule has 5 N–H and O–H groups in total. The van der Waals surface area contributed by atoms with Gasteiger partial charge in [0.15, 0.2) is 10.2 Å². The first-order valence-corrected chi connectivity index (χ1v) is 16.9. The fourth-order valence-electron chi connectivity index (χ4n) is 6.09. The summed E-state index contributed by atoms with van der Waals surface area (Å²) in [5, 5.41) is 17.0. The van der Waals surface area contributed by atoms with Crippen molar-refractivity contribution in [2.24, 2.45) is 4.99 Å². The summed E-state index contributed by atoms with van der Waals surface area (Å²) in [5.41, 5.74) is 12.5. The Labute approximate surface area is 290 Å². The summed E-state index contributed by atoms with van der Waals surface area (Å²) < 4.78 is 5.38. The molecule has 0 saturated heterocycles. The number of rotatable bonds is 11. The van der Waals surface area contributed by atoms with Gasteiger partial charge >= 0.3 is 6.09 Å². The zero-order valence-corrected chi connectivity index (χ0v) is 28.2. The number of hydrogen-bond donors (Lipinski definition) is 5. The van der Waals surface area contributed by atoms with Gasteiger partial charge in [0.05, 0.1) is 12.3 Å². The number of unbranched alkanes of at least 4 members (excludes halogenated alkanes) is 1. The van der Waals surface area contributed by atoms with Crippen LogP contribution in [0.5, 0.6) is 0 Å². The first-order valence-electron chi connectivity index (χ1n) is 16.0. The summed E-state index contributed by atoms with van der Waals surface area (Å²) in [4.78, 5) is 26.7. The molecule has 0 fully saturated rings. The third-order valence-corrected chi connectivity index (χ3v) is 8.83. The zero-order chi connectivity index (χ0) is 33.5. The Morgan fingerprint density at radius 1 is 0.708 bits per heavy atom. The van der Waals surface area contributed by atoms with E-state index in [4.69, 9.17) is 29.2 Å². The summed E-state index contributed by atoms with van der Waals surface area (Å²) in [5.74, 6) is 0. The quantitative estimate of drug-likeness (QED) is 0.0406. The Bertz CT molecular complexity index is 1940. The normalized spacial score (nSPS) is 11.6. The van der Waals surface area contributed by atoms with Gasteiger partial charge in [0.1, 0.15) is 0 Å². The number of thiocarbonyl (C=S) groups is 2. The highest BCUT2D eigenvalue weighted by atomic mass is 32.1. The van der Waals surface area contributed by atoms with E-state index in [-0.39, 0.29) is 6.61 Å². The number of nitrogens with zero attached hydrogens (tertiary/aromatic N) is 1. The van der Waals surface area contributed by atoms with Gasteiger partial charge in [0.2, 0.25) is 6.08 Å². The number of isocyanates is 1. The summed E-state index contributed by atoms with van der Waals surface area (Å²) in [7, 11) is 0. The molecule has 0 saturated carbocycles. The van der Waals surface area contributed by atoms with Crippen molar-refractivity contribution in [1.29, 1.82) is 0 Å². The van der Waals surface area contributed by atoms with Crippen LogP contribution < -0.4 is 26.6 Å². The van der Waals surface area contributed by atoms with Crippen molar-refractivity contribution in [2.45, 2.75) is 39.0 Å². The SMILES string of the molecule is CCCCNC(=S)Nc1ccc2c(c1)Cc1cc(NC(=S)NCCCOC(=O)Nc3ccc4c(c3)Cc3cc(N=C=O)ccc3-4)ccc1-2. The fourth-order valence-corrected chi connectivity index (χ4v) is 6.53. The van der Waals surface area contributed by atoms with E-state index < -0.39 is 6.09 Å². The molecular weight excluding hydrogens is 641 g/mol. The van der Waals surface area contributed by atoms with Gasteiger partial charge in [-0.3, -0.25) is 5.32 Å². The van der Waals surface area contributed by atoms with Crippen molar-refractivity contribution >= 4 is 69.6 Å². The van der Waals surface area contributed by atoms with E-state index in [0.29, 0.717) is 41.0 Å². The van der Waals surface area contributed by atoms with Crippen LogP contribution in [0.3, 0.4) is 0 Å². The lowest BCUT2D eigenvalue weighted by molar-refractivity contribution is 0.160. The number of hydrogen-bond acceptors (Lipinski definition) is 6. The molecule has 0 heterocycles. The Kier molecular flexibility index (Phi) is 10.4. The van der Waals surface area contributed by atoms with Gasteiger partial charge in [-0.2, -0.15) is 4.99 Å². The average Bonchev–Trinajstić information content (AvgIpc) is 3.61. The van der Waals surface area contributed by atoms with E-state index in [1.165, 1.54) is 22.3 Å². The molecule has 0 atom stereocenters. The van der Waals surface area contributed by atoms with Crippen LogP contribution in [0.25, 0.3) is 22.3 Å². The lowest BCUT2D eigenvalue weighted by Crippen LogP contribution is -2.30. The van der Waals surface area contributed by atoms with Gasteiger partial charge in [-0.15, -0.1) is 0 Å². The standard InChI is InChI=1S/C37H36N6O3S2/c1-2-3-13-38-35(47)41-28-6-10-32-24(19-28)17-25-20-29(7-11-33(25)32)42-36(48)39-14-4-15-46-37(45)43-30-8-12-34-26(21-30)16-23-18-27(40-22-44)5-9-31(23)34/h5-12,18-21H,2-4,13-17H2,1H3,(H,43,45)(H2,38,41,47)(H2,39,42,48). The van der Waals surface area contributed by atoms with Crippen LogP contribution in [0, 0.1) is 0 Å². The molecule has 11 heteroatoms. The van der Waals surface area contributed by atoms with Gasteiger partial charge in [-0.05, 0) is 143 Å². The van der Waals surface area contributed by atoms with Crippen molar-refractivity contribution in [3.8, 4) is 22.3 Å². The third kappa shape index (κ3) is 7.88. The Morgan fingerprint density at radius 3 is 1.71 bits per heavy atom. The topological polar surface area (TPSA) is 116 Å². The summed E-state index contributed by atoms with van der Waals surface area (Å²) >= 11 is 10.9. The smallest absolute Gasteiger partial charge is 0.411 e. The van der Waals surface area contributed by atoms with Crippen LogP contribution in [0.4, 0.5) is 27.5 Å². The van der Waals surface area contributed by atoms with Gasteiger partial charge in [0, 0.05) is 30.2 Å². The summed E-state index contributed by atoms with van der Waals surface area (Å²) in [6.07, 6.45) is 5.40. The zero-order valence-electron chi connectivity index (χ0n) is 26.6. The molecule has 48 heavy (non-hydrogen) atoms. The van der Waals surface area contributed by atoms with Crippen LogP contribution in [-0.2, 0) is 22.4 Å². The third-order valence-electron chi connectivity index (χ3n) is 8.34. The number of nitrogens with one attached hydrogen (secondary N) is 5. The molecule has 2 aliphatic carbocycles. The predicted molar refractivity (Wildman–Crippen MR) is 200 cm³/mol. The minimum atomic E-state index is -0.512. The molecule has 0 aliphatic heterocycles. The molecule has 4 aromatic rings. The van der Waals surface area contributed by atoms with Crippen molar-refractivity contribution in [3.63, 3.8) is 0 Å². The Hall–Kier alpha value is -5.09. The first-order chi connectivity index (χ1) is 23.4. The van der Waals surface area contributed by atoms with Gasteiger partial charge in [-0.25, -0.2) is 9.59 Å². The van der Waals surface area contributed by atoms with Crippen molar-refractivity contribution in [2.75, 3.05) is 35.6 Å². The van der Waals surface area contributed by atoms with Crippen LogP contribution in [0.15, 0.2) is 77.8 Å². The van der Waals surface area contributed by atoms with Gasteiger partial charge in [-0.1, -0.05) is 37.6 Å². The van der Waals surface area contributed by atoms with Crippen molar-refractivity contribution in [1.82, 2.24) is 10.6 Å². The molecule has 0 unspecified atom stereocenters. The fraction of sp³-hybridized carbons (Fsp3) is 0.243. The molecule has 2 aliphatic rings. The Morgan fingerprint density at radius 2 is 1.19 bits per heavy atom. The monoisotopic (exact) mass is 676 g/mol. The van der Waals surface area contributed by atoms with E-state index in [1.807, 2.05) is 36.4 Å². The second kappa shape index (κ2) is 15.2. The maximum Gasteiger partial charge on any atom is 0.411 e. The van der Waals surface area contributed by atoms with E-state index in [1.54, 1.807) is 12.1 Å². The molecule has 4 aromatic carbocycles. The molecule has 6 rings (SSSR count). The largest absolute Gasteiger partial charge is 0.449 e. The van der Waals surface area contributed by atoms with E-state index >= 15 is 0 Å². The molecule has 1 amide bonds. The molecule has 9 nitrogen and oxygen atoms in total. The molecule has 0 aromatic heterocycles. The summed E-state index contributed by atoms with van der Waals surface area (Å²) in [6.45, 7) is 3.82. The molecule has 0 spiro atoms. The van der Waals surface area contributed by atoms with Crippen LogP contribution in [0.1, 0.15) is 48.4 Å². The maximum atomic E-state index is 12.4. The number of ether oxygens (including phenoxy) is 1. The number of aliphatic imine (C=N–C) groups is 1. The Balaban J connectivity index is 0.910. The number of carbonyl (C=O) groups is 1. The highest BCUT2D eigenvalue weighted by Gasteiger charge is 2.21. The van der Waals surface area contributed by atoms with Crippen LogP contribution in [0.2, 0.25) is 0 Å². The highest BCUT2D eigenvalue weighted by Crippen LogP contribution is 2.40. The van der Waals surface area contributed by atoms with Gasteiger partial charge in [0.25, 0.3) is 0 Å². The second-order valence-corrected chi connectivity index (χ2v) is 12.6. The van der Waals surface area contributed by atoms with E-state index in [0.717, 1.165) is 59.4 Å². The molecule has 0 radical (unpaired) electrons. The van der Waals surface area contributed by atoms with E-state index in [9.17, 15) is 9.59 Å². The minimum Gasteiger partial charge on any atom is -0.449 e. The number of fused-ring (bicyclic) bond motifs is 6. The number of carbonyl (C=O) groups excluding carboxylic acids is 2. The summed E-state index contributed by atoms with van der Waals surface area (Å²) in [6, 6.07) is 24.1. The van der Waals surface area contributed by atoms with E-state index in [2.05, 4.69) is 68.8 Å².